The molecule has 0 radical (unpaired) electrons. The first-order chi connectivity index (χ1) is 5.33. The summed E-state index contributed by atoms with van der Waals surface area (Å²) in [5, 5.41) is 0. The van der Waals surface area contributed by atoms with E-state index in [0.29, 0.717) is 6.10 Å². The Hall–Kier alpha value is -0.0400. The quantitative estimate of drug-likeness (QED) is 0.568. The van der Waals surface area contributed by atoms with Gasteiger partial charge in [-0.25, -0.2) is 0 Å². The topological polar surface area (TPSA) is 9.23 Å². The molecule has 11 heavy (non-hydrogen) atoms. The van der Waals surface area contributed by atoms with Gasteiger partial charge in [-0.15, -0.1) is 0 Å². The monoisotopic (exact) mass is 156 g/mol. The minimum atomic E-state index is 0.594. The lowest BCUT2D eigenvalue weighted by Gasteiger charge is -2.10. The van der Waals surface area contributed by atoms with Crippen molar-refractivity contribution in [1.82, 2.24) is 0 Å². The molecule has 1 aliphatic carbocycles. The van der Waals surface area contributed by atoms with Crippen LogP contribution in [0.4, 0.5) is 0 Å². The van der Waals surface area contributed by atoms with Crippen LogP contribution in [0, 0.1) is 5.92 Å². The average molecular weight is 156 g/mol. The van der Waals surface area contributed by atoms with Gasteiger partial charge in [0.25, 0.3) is 0 Å². The van der Waals surface area contributed by atoms with Crippen LogP contribution >= 0.6 is 0 Å². The van der Waals surface area contributed by atoms with Gasteiger partial charge in [0.05, 0.1) is 6.10 Å². The fourth-order valence-electron chi connectivity index (χ4n) is 1.70. The number of rotatable bonds is 4. The van der Waals surface area contributed by atoms with E-state index in [2.05, 4.69) is 13.8 Å². The zero-order chi connectivity index (χ0) is 8.10. The van der Waals surface area contributed by atoms with Crippen LogP contribution in [0.25, 0.3) is 0 Å². The highest BCUT2D eigenvalue weighted by molar-refractivity contribution is 4.72. The lowest BCUT2D eigenvalue weighted by molar-refractivity contribution is 0.0542. The summed E-state index contributed by atoms with van der Waals surface area (Å²) in [7, 11) is 0. The van der Waals surface area contributed by atoms with Crippen molar-refractivity contribution in [3.05, 3.63) is 0 Å². The van der Waals surface area contributed by atoms with E-state index in [9.17, 15) is 0 Å². The maximum absolute atomic E-state index is 5.71. The fraction of sp³-hybridized carbons (Fsp3) is 1.00. The largest absolute Gasteiger partial charge is 0.378 e. The molecule has 0 amide bonds. The first-order valence-electron chi connectivity index (χ1n) is 4.94. The number of hydrogen-bond acceptors (Lipinski definition) is 1. The van der Waals surface area contributed by atoms with E-state index in [4.69, 9.17) is 4.74 Å². The third-order valence-corrected chi connectivity index (χ3v) is 2.50. The van der Waals surface area contributed by atoms with Crippen LogP contribution in [0.1, 0.15) is 46.0 Å². The summed E-state index contributed by atoms with van der Waals surface area (Å²) >= 11 is 0. The van der Waals surface area contributed by atoms with Crippen LogP contribution in [-0.4, -0.2) is 12.7 Å². The van der Waals surface area contributed by atoms with Crippen LogP contribution in [0.3, 0.4) is 0 Å². The van der Waals surface area contributed by atoms with Crippen molar-refractivity contribution in [3.8, 4) is 0 Å². The summed E-state index contributed by atoms with van der Waals surface area (Å²) < 4.78 is 5.71. The molecule has 1 unspecified atom stereocenters. The molecule has 1 saturated carbocycles. The Morgan fingerprint density at radius 1 is 1.36 bits per heavy atom. The van der Waals surface area contributed by atoms with E-state index in [-0.39, 0.29) is 0 Å². The Morgan fingerprint density at radius 3 is 2.73 bits per heavy atom. The first-order valence-corrected chi connectivity index (χ1v) is 4.94. The van der Waals surface area contributed by atoms with Gasteiger partial charge >= 0.3 is 0 Å². The standard InChI is InChI=1S/C10H20O/c1-3-4-7-11-10-6-5-9(2)8-10/h9-10H,3-8H2,1-2H3/t9-,10?/m1/s1. The molecule has 1 heteroatoms. The summed E-state index contributed by atoms with van der Waals surface area (Å²) in [5.74, 6) is 0.904. The van der Waals surface area contributed by atoms with Crippen LogP contribution in [0.15, 0.2) is 0 Å². The highest BCUT2D eigenvalue weighted by Gasteiger charge is 2.21. The molecule has 0 aromatic rings. The number of hydrogen-bond donors (Lipinski definition) is 0. The van der Waals surface area contributed by atoms with Crippen molar-refractivity contribution in [2.45, 2.75) is 52.1 Å². The lowest BCUT2D eigenvalue weighted by Crippen LogP contribution is -2.08. The van der Waals surface area contributed by atoms with Crippen molar-refractivity contribution in [1.29, 1.82) is 0 Å². The highest BCUT2D eigenvalue weighted by atomic mass is 16.5. The first kappa shape index (κ1) is 9.05. The van der Waals surface area contributed by atoms with E-state index >= 15 is 0 Å². The van der Waals surface area contributed by atoms with Crippen LogP contribution in [0.5, 0.6) is 0 Å². The second kappa shape index (κ2) is 4.76. The Kier molecular flexibility index (Phi) is 3.92. The third kappa shape index (κ3) is 3.24. The zero-order valence-electron chi connectivity index (χ0n) is 7.81. The van der Waals surface area contributed by atoms with Crippen molar-refractivity contribution in [2.75, 3.05) is 6.61 Å². The van der Waals surface area contributed by atoms with E-state index in [0.717, 1.165) is 12.5 Å². The normalized spacial score (nSPS) is 31.1. The van der Waals surface area contributed by atoms with Crippen molar-refractivity contribution >= 4 is 0 Å². The van der Waals surface area contributed by atoms with E-state index in [1.54, 1.807) is 0 Å². The number of unbranched alkanes of at least 4 members (excludes halogenated alkanes) is 1. The predicted molar refractivity (Wildman–Crippen MR) is 47.7 cm³/mol. The Bertz CT molecular complexity index is 101. The van der Waals surface area contributed by atoms with Gasteiger partial charge in [-0.05, 0) is 31.6 Å². The molecule has 0 aliphatic heterocycles. The summed E-state index contributed by atoms with van der Waals surface area (Å²) in [6, 6.07) is 0. The van der Waals surface area contributed by atoms with Crippen molar-refractivity contribution in [3.63, 3.8) is 0 Å². The molecule has 0 aromatic heterocycles. The molecule has 2 atom stereocenters. The molecule has 1 rings (SSSR count). The molecule has 0 spiro atoms. The summed E-state index contributed by atoms with van der Waals surface area (Å²) in [4.78, 5) is 0. The molecule has 66 valence electrons. The second-order valence-electron chi connectivity index (χ2n) is 3.76. The van der Waals surface area contributed by atoms with E-state index < -0.39 is 0 Å². The fourth-order valence-corrected chi connectivity index (χ4v) is 1.70. The zero-order valence-corrected chi connectivity index (χ0v) is 7.81. The van der Waals surface area contributed by atoms with Gasteiger partial charge in [0, 0.05) is 6.61 Å². The minimum Gasteiger partial charge on any atom is -0.378 e. The van der Waals surface area contributed by atoms with E-state index in [1.165, 1.54) is 32.1 Å². The molecule has 0 saturated heterocycles. The molecule has 1 aliphatic rings. The highest BCUT2D eigenvalue weighted by Crippen LogP contribution is 2.26. The maximum Gasteiger partial charge on any atom is 0.0577 e. The Balaban J connectivity index is 1.99. The van der Waals surface area contributed by atoms with Gasteiger partial charge in [0.1, 0.15) is 0 Å². The summed E-state index contributed by atoms with van der Waals surface area (Å²) in [6.07, 6.45) is 7.04. The van der Waals surface area contributed by atoms with Crippen LogP contribution in [0.2, 0.25) is 0 Å². The molecular formula is C10H20O. The summed E-state index contributed by atoms with van der Waals surface area (Å²) in [6.45, 7) is 5.51. The predicted octanol–water partition coefficient (Wildman–Crippen LogP) is 2.99. The van der Waals surface area contributed by atoms with Gasteiger partial charge in [0.2, 0.25) is 0 Å². The maximum atomic E-state index is 5.71. The minimum absolute atomic E-state index is 0.594. The lowest BCUT2D eigenvalue weighted by atomic mass is 10.1. The second-order valence-corrected chi connectivity index (χ2v) is 3.76. The smallest absolute Gasteiger partial charge is 0.0577 e. The molecule has 1 fully saturated rings. The molecule has 0 aromatic carbocycles. The Morgan fingerprint density at radius 2 is 2.18 bits per heavy atom. The van der Waals surface area contributed by atoms with Gasteiger partial charge in [-0.1, -0.05) is 20.3 Å². The third-order valence-electron chi connectivity index (χ3n) is 2.50. The van der Waals surface area contributed by atoms with Gasteiger partial charge in [0.15, 0.2) is 0 Å². The van der Waals surface area contributed by atoms with Crippen molar-refractivity contribution < 1.29 is 4.74 Å². The van der Waals surface area contributed by atoms with Crippen LogP contribution in [-0.2, 0) is 4.74 Å². The molecule has 0 bridgehead atoms. The van der Waals surface area contributed by atoms with Gasteiger partial charge in [-0.2, -0.15) is 0 Å². The van der Waals surface area contributed by atoms with Crippen LogP contribution < -0.4 is 0 Å². The molecular weight excluding hydrogens is 136 g/mol. The number of ether oxygens (including phenoxy) is 1. The SMILES string of the molecule is CCCCOC1CC[C@@H](C)C1. The van der Waals surface area contributed by atoms with Crippen molar-refractivity contribution in [2.24, 2.45) is 5.92 Å². The molecule has 1 nitrogen and oxygen atoms in total. The van der Waals surface area contributed by atoms with E-state index in [1.807, 2.05) is 0 Å². The van der Waals surface area contributed by atoms with Gasteiger partial charge < -0.3 is 4.74 Å². The van der Waals surface area contributed by atoms with Gasteiger partial charge in [-0.3, -0.25) is 0 Å². The summed E-state index contributed by atoms with van der Waals surface area (Å²) in [5.41, 5.74) is 0. The molecule has 0 heterocycles. The Labute approximate surface area is 70.1 Å². The average Bonchev–Trinajstić information content (AvgIpc) is 2.37. The molecule has 0 N–H and O–H groups in total.